The maximum atomic E-state index is 15.1. The number of hydrogen-bond acceptors (Lipinski definition) is 17. The second kappa shape index (κ2) is 24.3. The second-order valence-corrected chi connectivity index (χ2v) is 21.8. The summed E-state index contributed by atoms with van der Waals surface area (Å²) >= 11 is 0. The average molecular weight is 1130 g/mol. The number of nitrogens with one attached hydrogen (secondary N) is 4. The summed E-state index contributed by atoms with van der Waals surface area (Å²) in [5.41, 5.74) is 20.0. The number of carbonyl (C=O) groups is 5. The van der Waals surface area contributed by atoms with Crippen LogP contribution in [0.15, 0.2) is 121 Å². The summed E-state index contributed by atoms with van der Waals surface area (Å²) < 4.78 is 42.4. The monoisotopic (exact) mass is 1130 g/mol. The summed E-state index contributed by atoms with van der Waals surface area (Å²) in [5.74, 6) is -0.290. The first-order valence-corrected chi connectivity index (χ1v) is 27.8. The van der Waals surface area contributed by atoms with Crippen LogP contribution in [-0.4, -0.2) is 129 Å². The molecule has 1 spiro atoms. The normalized spacial score (nSPS) is 21.7. The van der Waals surface area contributed by atoms with Crippen molar-refractivity contribution in [2.75, 3.05) is 47.1 Å². The van der Waals surface area contributed by atoms with Gasteiger partial charge in [-0.05, 0) is 180 Å². The molecule has 0 saturated carbocycles. The van der Waals surface area contributed by atoms with Crippen LogP contribution in [0.4, 0.5) is 0 Å². The van der Waals surface area contributed by atoms with Crippen LogP contribution in [0.25, 0.3) is 0 Å². The van der Waals surface area contributed by atoms with Crippen molar-refractivity contribution in [1.29, 1.82) is 10.8 Å². The van der Waals surface area contributed by atoms with Gasteiger partial charge in [0.2, 0.25) is 11.8 Å². The van der Waals surface area contributed by atoms with E-state index in [9.17, 15) is 19.2 Å². The number of ether oxygens (including phenoxy) is 7. The van der Waals surface area contributed by atoms with Gasteiger partial charge in [0.05, 0.1) is 29.7 Å². The van der Waals surface area contributed by atoms with Gasteiger partial charge >= 0.3 is 17.9 Å². The van der Waals surface area contributed by atoms with Crippen molar-refractivity contribution in [3.8, 4) is 34.5 Å². The summed E-state index contributed by atoms with van der Waals surface area (Å²) in [6.07, 6.45) is 5.96. The van der Waals surface area contributed by atoms with Gasteiger partial charge in [-0.1, -0.05) is 19.4 Å². The largest absolute Gasteiger partial charge is 0.493 e. The predicted octanol–water partition coefficient (Wildman–Crippen LogP) is 5.48. The molecule has 21 nitrogen and oxygen atoms in total. The van der Waals surface area contributed by atoms with Gasteiger partial charge in [0, 0.05) is 34.7 Å². The van der Waals surface area contributed by atoms with E-state index >= 15 is 4.79 Å². The molecule has 434 valence electrons. The van der Waals surface area contributed by atoms with Gasteiger partial charge in [-0.15, -0.1) is 0 Å². The maximum Gasteiger partial charge on any atom is 0.343 e. The van der Waals surface area contributed by atoms with Gasteiger partial charge in [-0.3, -0.25) is 25.7 Å². The summed E-state index contributed by atoms with van der Waals surface area (Å²) in [6, 6.07) is 25.9. The SMILES string of the molecule is COc1ccc2c3c1O[C@H]1C(OC(=O)C4CCCN4C(=O)C(COc4ccc(C(=O)Oc5ccc(C(=N)N)cc5)cc4)NC(=O)[C@H](CCCCN)NCOc4ccc(C(=O)Oc5ccc(C(=N)N)cc5)cc4)=CC[C@@]4(C)[C@@H](C2)N(C)CC[C@]314. The van der Waals surface area contributed by atoms with Crippen LogP contribution in [0, 0.1) is 16.2 Å². The number of methoxy groups -OCH3 is 1. The Morgan fingerprint density at radius 3 is 1.93 bits per heavy atom. The molecular formula is C62H69N9O12. The first-order chi connectivity index (χ1) is 40.0. The van der Waals surface area contributed by atoms with Crippen LogP contribution in [0.3, 0.4) is 0 Å². The summed E-state index contributed by atoms with van der Waals surface area (Å²) in [5, 5.41) is 21.3. The zero-order valence-electron chi connectivity index (χ0n) is 46.6. The van der Waals surface area contributed by atoms with Crippen molar-refractivity contribution in [3.63, 3.8) is 0 Å². The van der Waals surface area contributed by atoms with Gasteiger partial charge < -0.3 is 65.5 Å². The molecule has 10 rings (SSSR count). The number of piperidine rings is 1. The Balaban J connectivity index is 0.844. The van der Waals surface area contributed by atoms with Crippen LogP contribution in [0.5, 0.6) is 34.5 Å². The van der Waals surface area contributed by atoms with E-state index in [1.54, 1.807) is 55.6 Å². The lowest BCUT2D eigenvalue weighted by molar-refractivity contribution is -0.155. The van der Waals surface area contributed by atoms with Crippen molar-refractivity contribution in [3.05, 3.63) is 154 Å². The third-order valence-corrected chi connectivity index (χ3v) is 16.9. The molecule has 5 aromatic carbocycles. The van der Waals surface area contributed by atoms with Crippen LogP contribution in [0.1, 0.15) is 94.8 Å². The van der Waals surface area contributed by atoms with Gasteiger partial charge in [-0.25, -0.2) is 14.4 Å². The van der Waals surface area contributed by atoms with Gasteiger partial charge in [0.15, 0.2) is 17.6 Å². The Hall–Kier alpha value is -8.79. The van der Waals surface area contributed by atoms with E-state index in [1.807, 2.05) is 12.1 Å². The number of likely N-dealkylation sites (N-methyl/N-ethyl adjacent to an activating group) is 1. The number of hydrogen-bond donors (Lipinski definition) is 7. The highest BCUT2D eigenvalue weighted by Crippen LogP contribution is 2.69. The lowest BCUT2D eigenvalue weighted by Crippen LogP contribution is -2.69. The Morgan fingerprint density at radius 1 is 0.747 bits per heavy atom. The molecule has 2 saturated heterocycles. The number of nitrogens with zero attached hydrogens (tertiary/aromatic N) is 2. The fourth-order valence-corrected chi connectivity index (χ4v) is 12.5. The van der Waals surface area contributed by atoms with Crippen LogP contribution in [0.2, 0.25) is 0 Å². The molecular weight excluding hydrogens is 1060 g/mol. The molecule has 0 radical (unpaired) electrons. The van der Waals surface area contributed by atoms with Crippen molar-refractivity contribution in [2.45, 2.75) is 94.0 Å². The van der Waals surface area contributed by atoms with Crippen LogP contribution >= 0.6 is 0 Å². The molecule has 5 aromatic rings. The van der Waals surface area contributed by atoms with E-state index in [4.69, 9.17) is 61.2 Å². The number of unbranched alkanes of at least 4 members (excludes halogenated alkanes) is 1. The second-order valence-electron chi connectivity index (χ2n) is 21.8. The smallest absolute Gasteiger partial charge is 0.343 e. The van der Waals surface area contributed by atoms with Gasteiger partial charge in [-0.2, -0.15) is 0 Å². The number of esters is 3. The highest BCUT2D eigenvalue weighted by molar-refractivity contribution is 5.97. The Labute approximate surface area is 480 Å². The molecule has 83 heavy (non-hydrogen) atoms. The molecule has 10 N–H and O–H groups in total. The number of nitrogens with two attached hydrogens (primary N) is 3. The van der Waals surface area contributed by atoms with Crippen molar-refractivity contribution in [2.24, 2.45) is 22.6 Å². The molecule has 21 heteroatoms. The van der Waals surface area contributed by atoms with Crippen molar-refractivity contribution in [1.82, 2.24) is 20.4 Å². The molecule has 2 amide bonds. The summed E-state index contributed by atoms with van der Waals surface area (Å²) in [6.45, 7) is 3.24. The predicted molar refractivity (Wildman–Crippen MR) is 306 cm³/mol. The zero-order chi connectivity index (χ0) is 58.6. The summed E-state index contributed by atoms with van der Waals surface area (Å²) in [7, 11) is 3.79. The quantitative estimate of drug-likeness (QED) is 0.0106. The number of benzene rings is 5. The number of carbonyl (C=O) groups excluding carboxylic acids is 5. The molecule has 7 atom stereocenters. The van der Waals surface area contributed by atoms with E-state index in [0.717, 1.165) is 24.9 Å². The zero-order valence-corrected chi connectivity index (χ0v) is 46.6. The molecule has 0 aromatic heterocycles. The first-order valence-electron chi connectivity index (χ1n) is 27.8. The molecule has 2 bridgehead atoms. The third-order valence-electron chi connectivity index (χ3n) is 16.9. The molecule has 3 aliphatic heterocycles. The number of rotatable bonds is 23. The van der Waals surface area contributed by atoms with E-state index < -0.39 is 59.4 Å². The minimum Gasteiger partial charge on any atom is -0.493 e. The van der Waals surface area contributed by atoms with Crippen LogP contribution in [-0.2, 0) is 31.0 Å². The Morgan fingerprint density at radius 2 is 1.34 bits per heavy atom. The molecule has 2 fully saturated rings. The topological polar surface area (TPSA) is 306 Å². The van der Waals surface area contributed by atoms with Gasteiger partial charge in [0.1, 0.15) is 65.8 Å². The van der Waals surface area contributed by atoms with E-state index in [0.29, 0.717) is 79.2 Å². The lowest BCUT2D eigenvalue weighted by atomic mass is 9.45. The minimum absolute atomic E-state index is 0.109. The lowest BCUT2D eigenvalue weighted by Gasteiger charge is -2.63. The molecule has 2 aliphatic carbocycles. The van der Waals surface area contributed by atoms with Crippen molar-refractivity contribution < 1.29 is 57.1 Å². The maximum absolute atomic E-state index is 15.1. The molecule has 3 heterocycles. The van der Waals surface area contributed by atoms with Gasteiger partial charge in [0.25, 0.3) is 0 Å². The fourth-order valence-electron chi connectivity index (χ4n) is 12.5. The number of allylic oxidation sites excluding steroid dienone is 1. The standard InChI is InChI=1S/C62H69N9O12/c1-61-28-27-49(53-62(61)29-32-70(2)50(61)33-40-17-26-48(77-3)52(83-53)51(40)62)82-60(76)47-8-6-31-71(47)57(73)46(34-78-41-18-13-38(14-19-41)58(74)80-43-22-9-36(10-23-43)54(64)65)69-56(72)45(7-4-5-30-63)68-35-79-42-20-15-39(16-21-42)59(75)81-44-24-11-37(12-25-44)55(66)67/h9-27,45-47,50,53,68H,4-8,28-35,63H2,1-3H3,(H3,64,65)(H3,66,67)(H,69,72)/t45-,46?,47?,50+,53-,61-,62-/m0/s1. The third kappa shape index (κ3) is 11.6. The average Bonchev–Trinajstić information content (AvgIpc) is 1.77. The minimum atomic E-state index is -1.32. The Kier molecular flexibility index (Phi) is 16.9. The first kappa shape index (κ1) is 57.4. The van der Waals surface area contributed by atoms with Crippen LogP contribution < -0.4 is 56.3 Å². The Bertz CT molecular complexity index is 3320. The van der Waals surface area contributed by atoms with Crippen molar-refractivity contribution >= 4 is 41.4 Å². The highest BCUT2D eigenvalue weighted by atomic mass is 16.6. The van der Waals surface area contributed by atoms with E-state index in [2.05, 4.69) is 35.6 Å². The number of amidine groups is 2. The fraction of sp³-hybridized carbons (Fsp3) is 0.371. The molecule has 5 aliphatic rings. The molecule has 2 unspecified atom stereocenters. The number of nitrogen functional groups attached to an aromatic ring is 2. The number of likely N-dealkylation sites (tertiary alicyclic amines) is 2. The highest BCUT2D eigenvalue weighted by Gasteiger charge is 2.70. The summed E-state index contributed by atoms with van der Waals surface area (Å²) in [4.78, 5) is 74.2. The van der Waals surface area contributed by atoms with E-state index in [1.165, 1.54) is 59.0 Å². The van der Waals surface area contributed by atoms with E-state index in [-0.39, 0.29) is 71.4 Å². The number of amides is 2.